The number of carbonyl (C=O) groups is 2. The minimum absolute atomic E-state index is 0.0447. The van der Waals surface area contributed by atoms with Crippen molar-refractivity contribution in [3.05, 3.63) is 62.6 Å². The SMILES string of the molecule is CCOC(=O)Nc1ccc2c(COC(=O)Cc3cccs3)cc(=O)oc2c1. The summed E-state index contributed by atoms with van der Waals surface area (Å²) in [5, 5.41) is 5.05. The summed E-state index contributed by atoms with van der Waals surface area (Å²) in [5.74, 6) is -0.376. The van der Waals surface area contributed by atoms with Gasteiger partial charge in [0.1, 0.15) is 12.2 Å². The molecule has 27 heavy (non-hydrogen) atoms. The highest BCUT2D eigenvalue weighted by molar-refractivity contribution is 7.10. The Hall–Kier alpha value is -3.13. The molecule has 0 saturated heterocycles. The molecule has 1 N–H and O–H groups in total. The molecule has 2 aromatic heterocycles. The van der Waals surface area contributed by atoms with Gasteiger partial charge in [0.05, 0.1) is 13.0 Å². The first kappa shape index (κ1) is 18.7. The van der Waals surface area contributed by atoms with Crippen molar-refractivity contribution in [2.24, 2.45) is 0 Å². The maximum absolute atomic E-state index is 12.0. The first-order valence-electron chi connectivity index (χ1n) is 8.23. The Balaban J connectivity index is 1.76. The third-order valence-electron chi connectivity index (χ3n) is 3.64. The number of benzene rings is 1. The minimum atomic E-state index is -0.599. The number of fused-ring (bicyclic) bond motifs is 1. The smallest absolute Gasteiger partial charge is 0.411 e. The van der Waals surface area contributed by atoms with Gasteiger partial charge in [0.15, 0.2) is 0 Å². The summed E-state index contributed by atoms with van der Waals surface area (Å²) in [7, 11) is 0. The van der Waals surface area contributed by atoms with Crippen molar-refractivity contribution in [3.63, 3.8) is 0 Å². The molecule has 0 radical (unpaired) electrons. The Kier molecular flexibility index (Phi) is 5.87. The lowest BCUT2D eigenvalue weighted by Crippen LogP contribution is -2.13. The molecule has 2 heterocycles. The van der Waals surface area contributed by atoms with Crippen LogP contribution < -0.4 is 10.9 Å². The van der Waals surface area contributed by atoms with Crippen LogP contribution in [0, 0.1) is 0 Å². The number of nitrogens with one attached hydrogen (secondary N) is 1. The summed E-state index contributed by atoms with van der Waals surface area (Å²) < 4.78 is 15.3. The molecular formula is C19H17NO6S. The summed E-state index contributed by atoms with van der Waals surface area (Å²) in [6, 6.07) is 9.87. The third-order valence-corrected chi connectivity index (χ3v) is 4.52. The van der Waals surface area contributed by atoms with E-state index in [0.29, 0.717) is 16.6 Å². The fourth-order valence-electron chi connectivity index (χ4n) is 2.48. The molecule has 3 rings (SSSR count). The van der Waals surface area contributed by atoms with Gasteiger partial charge in [-0.25, -0.2) is 9.59 Å². The summed E-state index contributed by atoms with van der Waals surface area (Å²) in [5.41, 5.74) is 0.667. The van der Waals surface area contributed by atoms with Crippen LogP contribution in [-0.2, 0) is 27.3 Å². The normalized spacial score (nSPS) is 10.6. The molecule has 0 spiro atoms. The Labute approximate surface area is 158 Å². The predicted molar refractivity (Wildman–Crippen MR) is 101 cm³/mol. The Bertz CT molecular complexity index is 1010. The zero-order valence-corrected chi connectivity index (χ0v) is 15.3. The van der Waals surface area contributed by atoms with Gasteiger partial charge in [-0.2, -0.15) is 0 Å². The maximum Gasteiger partial charge on any atom is 0.411 e. The molecular weight excluding hydrogens is 370 g/mol. The Morgan fingerprint density at radius 2 is 2.04 bits per heavy atom. The maximum atomic E-state index is 12.0. The van der Waals surface area contributed by atoms with Gasteiger partial charge in [-0.1, -0.05) is 6.07 Å². The lowest BCUT2D eigenvalue weighted by molar-refractivity contribution is -0.144. The number of thiophene rings is 1. The average Bonchev–Trinajstić information content (AvgIpc) is 3.12. The van der Waals surface area contributed by atoms with Gasteiger partial charge in [-0.15, -0.1) is 11.3 Å². The van der Waals surface area contributed by atoms with Crippen molar-refractivity contribution in [1.29, 1.82) is 0 Å². The van der Waals surface area contributed by atoms with Crippen molar-refractivity contribution in [1.82, 2.24) is 0 Å². The molecule has 7 nitrogen and oxygen atoms in total. The van der Waals surface area contributed by atoms with E-state index < -0.39 is 11.7 Å². The van der Waals surface area contributed by atoms with Crippen molar-refractivity contribution >= 4 is 40.1 Å². The number of hydrogen-bond acceptors (Lipinski definition) is 7. The molecule has 0 saturated carbocycles. The highest BCUT2D eigenvalue weighted by Crippen LogP contribution is 2.22. The molecule has 0 aliphatic rings. The number of rotatable bonds is 6. The minimum Gasteiger partial charge on any atom is -0.461 e. The summed E-state index contributed by atoms with van der Waals surface area (Å²) in [6.45, 7) is 1.90. The van der Waals surface area contributed by atoms with Crippen LogP contribution in [0.3, 0.4) is 0 Å². The number of hydrogen-bond donors (Lipinski definition) is 1. The van der Waals surface area contributed by atoms with Crippen molar-refractivity contribution < 1.29 is 23.5 Å². The van der Waals surface area contributed by atoms with E-state index in [9.17, 15) is 14.4 Å². The standard InChI is InChI=1S/C19H17NO6S/c1-2-24-19(23)20-13-5-6-15-12(8-18(22)26-16(15)9-13)11-25-17(21)10-14-4-3-7-27-14/h3-9H,2,10-11H2,1H3,(H,20,23). The van der Waals surface area contributed by atoms with Crippen LogP contribution >= 0.6 is 11.3 Å². The van der Waals surface area contributed by atoms with Crippen LogP contribution in [-0.4, -0.2) is 18.7 Å². The van der Waals surface area contributed by atoms with Crippen molar-refractivity contribution in [2.75, 3.05) is 11.9 Å². The van der Waals surface area contributed by atoms with Gasteiger partial charge in [0.2, 0.25) is 0 Å². The average molecular weight is 387 g/mol. The quantitative estimate of drug-likeness (QED) is 0.512. The van der Waals surface area contributed by atoms with Crippen LogP contribution in [0.5, 0.6) is 0 Å². The van der Waals surface area contributed by atoms with E-state index in [4.69, 9.17) is 13.9 Å². The second-order valence-corrected chi connectivity index (χ2v) is 6.60. The highest BCUT2D eigenvalue weighted by Gasteiger charge is 2.11. The van der Waals surface area contributed by atoms with Crippen molar-refractivity contribution in [2.45, 2.75) is 20.0 Å². The summed E-state index contributed by atoms with van der Waals surface area (Å²) in [4.78, 5) is 36.2. The van der Waals surface area contributed by atoms with Crippen LogP contribution in [0.15, 0.2) is 51.0 Å². The molecule has 140 valence electrons. The number of amides is 1. The van der Waals surface area contributed by atoms with E-state index in [-0.39, 0.29) is 31.2 Å². The van der Waals surface area contributed by atoms with Crippen molar-refractivity contribution in [3.8, 4) is 0 Å². The van der Waals surface area contributed by atoms with E-state index in [1.54, 1.807) is 19.1 Å². The van der Waals surface area contributed by atoms with Gasteiger partial charge in [-0.05, 0) is 30.5 Å². The van der Waals surface area contributed by atoms with Crippen LogP contribution in [0.25, 0.3) is 11.0 Å². The molecule has 0 aliphatic carbocycles. The Morgan fingerprint density at radius 3 is 2.78 bits per heavy atom. The van der Waals surface area contributed by atoms with Gasteiger partial charge in [0, 0.05) is 33.6 Å². The lowest BCUT2D eigenvalue weighted by Gasteiger charge is -2.09. The van der Waals surface area contributed by atoms with E-state index >= 15 is 0 Å². The number of anilines is 1. The van der Waals surface area contributed by atoms with Crippen LogP contribution in [0.4, 0.5) is 10.5 Å². The van der Waals surface area contributed by atoms with Gasteiger partial charge >= 0.3 is 17.7 Å². The molecule has 0 atom stereocenters. The molecule has 1 aromatic carbocycles. The molecule has 0 unspecified atom stereocenters. The monoisotopic (exact) mass is 387 g/mol. The number of ether oxygens (including phenoxy) is 2. The zero-order valence-electron chi connectivity index (χ0n) is 14.5. The number of carbonyl (C=O) groups excluding carboxylic acids is 2. The van der Waals surface area contributed by atoms with E-state index in [1.165, 1.54) is 23.5 Å². The molecule has 1 amide bonds. The van der Waals surface area contributed by atoms with Crippen LogP contribution in [0.2, 0.25) is 0 Å². The fraction of sp³-hybridized carbons (Fsp3) is 0.211. The van der Waals surface area contributed by atoms with E-state index in [1.807, 2.05) is 17.5 Å². The Morgan fingerprint density at radius 1 is 1.19 bits per heavy atom. The molecule has 8 heteroatoms. The summed E-state index contributed by atoms with van der Waals surface area (Å²) >= 11 is 1.48. The van der Waals surface area contributed by atoms with Crippen LogP contribution in [0.1, 0.15) is 17.4 Å². The fourth-order valence-corrected chi connectivity index (χ4v) is 3.17. The molecule has 0 aliphatic heterocycles. The predicted octanol–water partition coefficient (Wildman–Crippen LogP) is 3.71. The van der Waals surface area contributed by atoms with Gasteiger partial charge in [0.25, 0.3) is 0 Å². The molecule has 0 fully saturated rings. The second-order valence-electron chi connectivity index (χ2n) is 5.56. The van der Waals surface area contributed by atoms with E-state index in [0.717, 1.165) is 4.88 Å². The third kappa shape index (κ3) is 4.95. The second kappa shape index (κ2) is 8.50. The highest BCUT2D eigenvalue weighted by atomic mass is 32.1. The zero-order chi connectivity index (χ0) is 19.2. The number of esters is 1. The van der Waals surface area contributed by atoms with E-state index in [2.05, 4.69) is 5.32 Å². The largest absolute Gasteiger partial charge is 0.461 e. The lowest BCUT2D eigenvalue weighted by atomic mass is 10.1. The first-order valence-corrected chi connectivity index (χ1v) is 9.11. The summed E-state index contributed by atoms with van der Waals surface area (Å²) in [6.07, 6.45) is -0.414. The molecule has 0 bridgehead atoms. The van der Waals surface area contributed by atoms with Gasteiger partial charge in [-0.3, -0.25) is 10.1 Å². The first-order chi connectivity index (χ1) is 13.0. The topological polar surface area (TPSA) is 94.8 Å². The molecule has 3 aromatic rings. The van der Waals surface area contributed by atoms with Gasteiger partial charge < -0.3 is 13.9 Å².